The van der Waals surface area contributed by atoms with E-state index >= 15 is 0 Å². The Morgan fingerprint density at radius 2 is 1.65 bits per heavy atom. The Bertz CT molecular complexity index is 581. The van der Waals surface area contributed by atoms with Gasteiger partial charge in [-0.25, -0.2) is 0 Å². The molecule has 2 N–H and O–H groups in total. The molecule has 0 fully saturated rings. The summed E-state index contributed by atoms with van der Waals surface area (Å²) in [6, 6.07) is 15.8. The summed E-state index contributed by atoms with van der Waals surface area (Å²) in [5, 5.41) is 12.2. The van der Waals surface area contributed by atoms with Crippen LogP contribution in [0.4, 0.5) is 0 Å². The summed E-state index contributed by atoms with van der Waals surface area (Å²) >= 11 is 3.41. The van der Waals surface area contributed by atoms with Crippen LogP contribution < -0.4 is 5.32 Å². The van der Waals surface area contributed by atoms with Gasteiger partial charge in [0, 0.05) is 17.6 Å². The number of carbonyl (C=O) groups is 1. The number of carboxylic acids is 1. The van der Waals surface area contributed by atoms with Crippen LogP contribution in [-0.4, -0.2) is 11.1 Å². The topological polar surface area (TPSA) is 49.3 Å². The molecule has 0 unspecified atom stereocenters. The first-order chi connectivity index (χ1) is 9.65. The molecule has 0 aliphatic heterocycles. The van der Waals surface area contributed by atoms with E-state index in [2.05, 4.69) is 33.4 Å². The van der Waals surface area contributed by atoms with Gasteiger partial charge in [0.1, 0.15) is 0 Å². The van der Waals surface area contributed by atoms with Crippen LogP contribution in [0.3, 0.4) is 0 Å². The van der Waals surface area contributed by atoms with Crippen molar-refractivity contribution in [2.75, 3.05) is 0 Å². The normalized spacial score (nSPS) is 10.4. The van der Waals surface area contributed by atoms with E-state index < -0.39 is 5.97 Å². The van der Waals surface area contributed by atoms with Gasteiger partial charge in [0.25, 0.3) is 0 Å². The minimum atomic E-state index is -0.801. The lowest BCUT2D eigenvalue weighted by molar-refractivity contribution is -0.136. The molecule has 0 spiro atoms. The van der Waals surface area contributed by atoms with Gasteiger partial charge in [-0.3, -0.25) is 4.79 Å². The predicted molar refractivity (Wildman–Crippen MR) is 82.5 cm³/mol. The third kappa shape index (κ3) is 4.47. The second-order valence-electron chi connectivity index (χ2n) is 4.57. The van der Waals surface area contributed by atoms with Crippen LogP contribution in [0.1, 0.15) is 16.7 Å². The van der Waals surface area contributed by atoms with Crippen molar-refractivity contribution >= 4 is 21.9 Å². The standard InChI is InChI=1S/C16H16BrNO2/c17-15-7-5-12(6-8-15)10-18-11-14-4-2-1-3-13(14)9-16(19)20/h1-8,18H,9-11H2,(H,19,20). The van der Waals surface area contributed by atoms with Crippen molar-refractivity contribution in [3.63, 3.8) is 0 Å². The van der Waals surface area contributed by atoms with E-state index in [0.29, 0.717) is 6.54 Å². The minimum absolute atomic E-state index is 0.0656. The van der Waals surface area contributed by atoms with Gasteiger partial charge in [0.15, 0.2) is 0 Å². The molecule has 2 aromatic rings. The number of aliphatic carboxylic acids is 1. The van der Waals surface area contributed by atoms with Crippen molar-refractivity contribution < 1.29 is 9.90 Å². The second kappa shape index (κ2) is 7.22. The van der Waals surface area contributed by atoms with Gasteiger partial charge in [-0.15, -0.1) is 0 Å². The Morgan fingerprint density at radius 3 is 2.30 bits per heavy atom. The van der Waals surface area contributed by atoms with E-state index in [1.165, 1.54) is 5.56 Å². The molecule has 4 heteroatoms. The lowest BCUT2D eigenvalue weighted by Gasteiger charge is -2.09. The maximum Gasteiger partial charge on any atom is 0.307 e. The Morgan fingerprint density at radius 1 is 1.00 bits per heavy atom. The number of hydrogen-bond acceptors (Lipinski definition) is 2. The third-order valence-corrected chi connectivity index (χ3v) is 3.55. The first-order valence-corrected chi connectivity index (χ1v) is 7.18. The zero-order chi connectivity index (χ0) is 14.4. The Labute approximate surface area is 126 Å². The first kappa shape index (κ1) is 14.8. The molecule has 0 saturated heterocycles. The molecule has 0 aliphatic carbocycles. The highest BCUT2D eigenvalue weighted by Gasteiger charge is 2.05. The maximum absolute atomic E-state index is 10.8. The summed E-state index contributed by atoms with van der Waals surface area (Å²) < 4.78 is 1.06. The highest BCUT2D eigenvalue weighted by atomic mass is 79.9. The van der Waals surface area contributed by atoms with Crippen LogP contribution in [0, 0.1) is 0 Å². The smallest absolute Gasteiger partial charge is 0.307 e. The van der Waals surface area contributed by atoms with E-state index in [0.717, 1.165) is 22.1 Å². The molecule has 0 amide bonds. The number of halogens is 1. The van der Waals surface area contributed by atoms with Crippen LogP contribution in [0.15, 0.2) is 53.0 Å². The summed E-state index contributed by atoms with van der Waals surface area (Å²) in [4.78, 5) is 10.8. The number of hydrogen-bond donors (Lipinski definition) is 2. The van der Waals surface area contributed by atoms with Crippen molar-refractivity contribution in [2.45, 2.75) is 19.5 Å². The van der Waals surface area contributed by atoms with Gasteiger partial charge >= 0.3 is 5.97 Å². The maximum atomic E-state index is 10.8. The number of nitrogens with one attached hydrogen (secondary N) is 1. The van der Waals surface area contributed by atoms with E-state index in [-0.39, 0.29) is 6.42 Å². The fraction of sp³-hybridized carbons (Fsp3) is 0.188. The molecule has 2 rings (SSSR count). The van der Waals surface area contributed by atoms with E-state index in [9.17, 15) is 4.79 Å². The van der Waals surface area contributed by atoms with Crippen molar-refractivity contribution in [3.05, 3.63) is 69.7 Å². The molecule has 20 heavy (non-hydrogen) atoms. The molecule has 104 valence electrons. The quantitative estimate of drug-likeness (QED) is 0.852. The van der Waals surface area contributed by atoms with Gasteiger partial charge in [-0.05, 0) is 28.8 Å². The SMILES string of the molecule is O=C(O)Cc1ccccc1CNCc1ccc(Br)cc1. The second-order valence-corrected chi connectivity index (χ2v) is 5.48. The molecular weight excluding hydrogens is 318 g/mol. The summed E-state index contributed by atoms with van der Waals surface area (Å²) in [5.74, 6) is -0.801. The average molecular weight is 334 g/mol. The largest absolute Gasteiger partial charge is 0.481 e. The number of benzene rings is 2. The van der Waals surface area contributed by atoms with Crippen LogP contribution in [0.2, 0.25) is 0 Å². The first-order valence-electron chi connectivity index (χ1n) is 6.39. The monoisotopic (exact) mass is 333 g/mol. The fourth-order valence-electron chi connectivity index (χ4n) is 2.01. The van der Waals surface area contributed by atoms with Crippen LogP contribution in [0.25, 0.3) is 0 Å². The molecular formula is C16H16BrNO2. The van der Waals surface area contributed by atoms with Crippen molar-refractivity contribution in [1.82, 2.24) is 5.32 Å². The molecule has 0 heterocycles. The van der Waals surface area contributed by atoms with Gasteiger partial charge in [0.05, 0.1) is 6.42 Å². The lowest BCUT2D eigenvalue weighted by Crippen LogP contribution is -2.15. The highest BCUT2D eigenvalue weighted by Crippen LogP contribution is 2.12. The summed E-state index contributed by atoms with van der Waals surface area (Å²) in [5.41, 5.74) is 3.10. The Kier molecular flexibility index (Phi) is 5.32. The van der Waals surface area contributed by atoms with Crippen molar-refractivity contribution in [1.29, 1.82) is 0 Å². The predicted octanol–water partition coefficient (Wildman–Crippen LogP) is 3.37. The van der Waals surface area contributed by atoms with Crippen LogP contribution in [0.5, 0.6) is 0 Å². The average Bonchev–Trinajstić information content (AvgIpc) is 2.42. The molecule has 0 aromatic heterocycles. The Hall–Kier alpha value is -1.65. The third-order valence-electron chi connectivity index (χ3n) is 3.02. The molecule has 0 bridgehead atoms. The van der Waals surface area contributed by atoms with Gasteiger partial charge in [0.2, 0.25) is 0 Å². The molecule has 0 saturated carbocycles. The zero-order valence-corrected chi connectivity index (χ0v) is 12.6. The zero-order valence-electron chi connectivity index (χ0n) is 11.0. The number of rotatable bonds is 6. The van der Waals surface area contributed by atoms with Gasteiger partial charge < -0.3 is 10.4 Å². The fourth-order valence-corrected chi connectivity index (χ4v) is 2.27. The molecule has 0 aliphatic rings. The molecule has 3 nitrogen and oxygen atoms in total. The lowest BCUT2D eigenvalue weighted by atomic mass is 10.0. The van der Waals surface area contributed by atoms with E-state index in [1.807, 2.05) is 36.4 Å². The molecule has 2 aromatic carbocycles. The van der Waals surface area contributed by atoms with Gasteiger partial charge in [-0.1, -0.05) is 52.3 Å². The molecule has 0 radical (unpaired) electrons. The summed E-state index contributed by atoms with van der Waals surface area (Å²) in [6.45, 7) is 1.42. The van der Waals surface area contributed by atoms with E-state index in [1.54, 1.807) is 0 Å². The molecule has 0 atom stereocenters. The van der Waals surface area contributed by atoms with Crippen molar-refractivity contribution in [2.24, 2.45) is 0 Å². The van der Waals surface area contributed by atoms with Crippen molar-refractivity contribution in [3.8, 4) is 0 Å². The highest BCUT2D eigenvalue weighted by molar-refractivity contribution is 9.10. The summed E-state index contributed by atoms with van der Waals surface area (Å²) in [6.07, 6.45) is 0.0656. The summed E-state index contributed by atoms with van der Waals surface area (Å²) in [7, 11) is 0. The minimum Gasteiger partial charge on any atom is -0.481 e. The van der Waals surface area contributed by atoms with Crippen LogP contribution in [-0.2, 0) is 24.3 Å². The Balaban J connectivity index is 1.93. The van der Waals surface area contributed by atoms with Gasteiger partial charge in [-0.2, -0.15) is 0 Å². The number of carboxylic acid groups (broad SMARTS) is 1. The van der Waals surface area contributed by atoms with E-state index in [4.69, 9.17) is 5.11 Å². The van der Waals surface area contributed by atoms with Crippen LogP contribution >= 0.6 is 15.9 Å².